The Morgan fingerprint density at radius 2 is 1.56 bits per heavy atom. The number of hydrogen-bond acceptors (Lipinski definition) is 4. The van der Waals surface area contributed by atoms with Gasteiger partial charge in [-0.2, -0.15) is 22.0 Å². The van der Waals surface area contributed by atoms with Crippen molar-refractivity contribution in [1.82, 2.24) is 4.90 Å². The fraction of sp³-hybridized carbons (Fsp3) is 0.548. The van der Waals surface area contributed by atoms with E-state index in [2.05, 4.69) is 4.90 Å². The minimum Gasteiger partial charge on any atom is -0.616 e. The van der Waals surface area contributed by atoms with Crippen molar-refractivity contribution in [3.8, 4) is 11.5 Å². The first-order valence-corrected chi connectivity index (χ1v) is 15.7. The summed E-state index contributed by atoms with van der Waals surface area (Å²) in [4.78, 5) is 2.07. The van der Waals surface area contributed by atoms with Gasteiger partial charge in [-0.05, 0) is 104 Å². The second-order valence-corrected chi connectivity index (χ2v) is 12.5. The molecule has 2 aromatic rings. The minimum atomic E-state index is -5.60. The molecule has 1 atom stereocenters. The highest BCUT2D eigenvalue weighted by Crippen LogP contribution is 2.40. The van der Waals surface area contributed by atoms with Crippen LogP contribution < -0.4 is 0 Å². The van der Waals surface area contributed by atoms with E-state index in [1.807, 2.05) is 37.4 Å². The molecule has 228 valence electrons. The highest BCUT2D eigenvalue weighted by molar-refractivity contribution is 7.91. The van der Waals surface area contributed by atoms with Gasteiger partial charge in [0.1, 0.15) is 23.0 Å². The maximum Gasteiger partial charge on any atom is 0.453 e. The number of allylic oxidation sites excluding steroid dienone is 2. The van der Waals surface area contributed by atoms with E-state index in [4.69, 9.17) is 0 Å². The summed E-state index contributed by atoms with van der Waals surface area (Å²) < 4.78 is 74.6. The van der Waals surface area contributed by atoms with Crippen LogP contribution in [0.15, 0.2) is 42.5 Å². The van der Waals surface area contributed by atoms with E-state index >= 15 is 0 Å². The highest BCUT2D eigenvalue weighted by atomic mass is 32.2. The minimum absolute atomic E-state index is 0.105. The summed E-state index contributed by atoms with van der Waals surface area (Å²) in [6, 6.07) is 12.9. The van der Waals surface area contributed by atoms with Gasteiger partial charge >= 0.3 is 12.1 Å². The van der Waals surface area contributed by atoms with Gasteiger partial charge in [0.05, 0.1) is 6.42 Å². The Labute approximate surface area is 242 Å². The van der Waals surface area contributed by atoms with Gasteiger partial charge in [0.15, 0.2) is 0 Å². The van der Waals surface area contributed by atoms with Crippen LogP contribution in [0, 0.1) is 0 Å². The average molecular weight is 602 g/mol. The lowest BCUT2D eigenvalue weighted by molar-refractivity contribution is -0.282. The number of rotatable bonds is 15. The van der Waals surface area contributed by atoms with Gasteiger partial charge in [-0.1, -0.05) is 42.2 Å². The number of halogens is 5. The molecule has 0 saturated carbocycles. The third-order valence-electron chi connectivity index (χ3n) is 7.53. The molecule has 2 N–H and O–H groups in total. The summed E-state index contributed by atoms with van der Waals surface area (Å²) in [5.41, 5.74) is 5.84. The summed E-state index contributed by atoms with van der Waals surface area (Å²) in [5, 5.41) is 20.1. The van der Waals surface area contributed by atoms with Crippen LogP contribution in [0.2, 0.25) is 0 Å². The first-order valence-electron chi connectivity index (χ1n) is 14.2. The van der Waals surface area contributed by atoms with Gasteiger partial charge in [-0.15, -0.1) is 0 Å². The predicted octanol–water partition coefficient (Wildman–Crippen LogP) is 7.95. The number of benzene rings is 2. The number of fused-ring (bicyclic) bond motifs is 1. The van der Waals surface area contributed by atoms with E-state index in [1.54, 1.807) is 12.1 Å². The molecule has 0 amide bonds. The first-order chi connectivity index (χ1) is 19.4. The van der Waals surface area contributed by atoms with Crippen molar-refractivity contribution >= 4 is 22.3 Å². The number of phenols is 2. The Hall–Kier alpha value is -2.30. The number of hydrogen-bond donors (Lipinski definition) is 2. The molecule has 0 aliphatic heterocycles. The van der Waals surface area contributed by atoms with Crippen molar-refractivity contribution in [2.45, 2.75) is 76.3 Å². The fourth-order valence-electron chi connectivity index (χ4n) is 5.28. The lowest BCUT2D eigenvalue weighted by Crippen LogP contribution is -2.38. The van der Waals surface area contributed by atoms with Crippen LogP contribution >= 0.6 is 0 Å². The maximum absolute atomic E-state index is 13.0. The van der Waals surface area contributed by atoms with Crippen molar-refractivity contribution in [2.24, 2.45) is 0 Å². The Morgan fingerprint density at radius 1 is 0.854 bits per heavy atom. The molecule has 0 heterocycles. The maximum atomic E-state index is 13.0. The predicted molar refractivity (Wildman–Crippen MR) is 155 cm³/mol. The van der Waals surface area contributed by atoms with E-state index in [9.17, 15) is 36.7 Å². The largest absolute Gasteiger partial charge is 0.616 e. The number of nitrogens with zero attached hydrogens (tertiary/aromatic N) is 1. The normalized spacial score (nSPS) is 15.2. The van der Waals surface area contributed by atoms with Crippen LogP contribution in [0.1, 0.15) is 74.5 Å². The third kappa shape index (κ3) is 10.2. The molecule has 1 unspecified atom stereocenters. The zero-order chi connectivity index (χ0) is 30.0. The highest BCUT2D eigenvalue weighted by Gasteiger charge is 2.57. The Kier molecular flexibility index (Phi) is 12.4. The Morgan fingerprint density at radius 3 is 2.29 bits per heavy atom. The van der Waals surface area contributed by atoms with E-state index in [0.29, 0.717) is 13.0 Å². The average Bonchev–Trinajstić information content (AvgIpc) is 3.07. The molecule has 0 spiro atoms. The third-order valence-corrected chi connectivity index (χ3v) is 8.94. The molecule has 4 nitrogen and oxygen atoms in total. The molecular weight excluding hydrogens is 561 g/mol. The van der Waals surface area contributed by atoms with Crippen LogP contribution in [0.4, 0.5) is 22.0 Å². The second kappa shape index (κ2) is 15.3. The summed E-state index contributed by atoms with van der Waals surface area (Å²) in [5.74, 6) is -4.85. The summed E-state index contributed by atoms with van der Waals surface area (Å²) in [6.45, 7) is 1.42. The molecule has 0 fully saturated rings. The van der Waals surface area contributed by atoms with Crippen LogP contribution in [-0.2, 0) is 17.6 Å². The number of aryl methyl sites for hydroxylation is 1. The van der Waals surface area contributed by atoms with Gasteiger partial charge in [-0.25, -0.2) is 0 Å². The van der Waals surface area contributed by atoms with Gasteiger partial charge < -0.3 is 19.7 Å². The number of phenolic OH excluding ortho intramolecular Hbond substituents is 2. The zero-order valence-corrected chi connectivity index (χ0v) is 24.3. The fourth-order valence-corrected chi connectivity index (χ4v) is 6.42. The van der Waals surface area contributed by atoms with E-state index in [1.165, 1.54) is 11.1 Å². The molecule has 10 heteroatoms. The summed E-state index contributed by atoms with van der Waals surface area (Å²) in [6.07, 6.45) is 1.04. The van der Waals surface area contributed by atoms with Gasteiger partial charge in [0.2, 0.25) is 0 Å². The SMILES string of the molecule is CN(CCCCCCC1=C(c2cccc(O)c2)CCCc2cc(O)ccc21)CCC[S+]([O-])CCC(F)(F)C(F)(F)F. The van der Waals surface area contributed by atoms with Gasteiger partial charge in [0.25, 0.3) is 0 Å². The molecular formula is C31H40F5NO3S. The number of alkyl halides is 5. The Bertz CT molecular complexity index is 1150. The standard InChI is InChI=1S/C31H40F5NO3S/c1-37(18-8-19-41(40)20-16-30(32,33)31(34,35)36)17-5-3-2-4-12-29-27(23-9-6-11-25(38)21-23)13-7-10-24-22-26(39)14-15-28(24)29/h6,9,11,14-15,21-22,38-39H,2-5,7-8,10,12-13,16-20H2,1H3. The summed E-state index contributed by atoms with van der Waals surface area (Å²) in [7, 11) is 1.92. The van der Waals surface area contributed by atoms with Gasteiger partial charge in [-0.3, -0.25) is 0 Å². The smallest absolute Gasteiger partial charge is 0.453 e. The van der Waals surface area contributed by atoms with Crippen LogP contribution in [0.5, 0.6) is 11.5 Å². The van der Waals surface area contributed by atoms with Crippen LogP contribution in [0.25, 0.3) is 11.1 Å². The zero-order valence-electron chi connectivity index (χ0n) is 23.5. The lowest BCUT2D eigenvalue weighted by atomic mass is 9.89. The molecule has 2 aromatic carbocycles. The van der Waals surface area contributed by atoms with Crippen LogP contribution in [-0.4, -0.2) is 63.4 Å². The van der Waals surface area contributed by atoms with Gasteiger partial charge in [0, 0.05) is 13.0 Å². The van der Waals surface area contributed by atoms with Crippen molar-refractivity contribution in [3.05, 3.63) is 59.2 Å². The van der Waals surface area contributed by atoms with E-state index < -0.39 is 35.4 Å². The molecule has 0 aromatic heterocycles. The van der Waals surface area contributed by atoms with Crippen molar-refractivity contribution < 1.29 is 36.7 Å². The second-order valence-electron chi connectivity index (χ2n) is 10.8. The molecule has 1 aliphatic rings. The van der Waals surface area contributed by atoms with Crippen molar-refractivity contribution in [2.75, 3.05) is 31.6 Å². The molecule has 0 bridgehead atoms. The van der Waals surface area contributed by atoms with E-state index in [0.717, 1.165) is 74.6 Å². The molecule has 0 radical (unpaired) electrons. The molecule has 41 heavy (non-hydrogen) atoms. The first kappa shape index (κ1) is 33.2. The monoisotopic (exact) mass is 601 g/mol. The summed E-state index contributed by atoms with van der Waals surface area (Å²) >= 11 is -1.71. The number of unbranched alkanes of at least 4 members (excludes halogenated alkanes) is 3. The van der Waals surface area contributed by atoms with Crippen molar-refractivity contribution in [1.29, 1.82) is 0 Å². The van der Waals surface area contributed by atoms with Crippen molar-refractivity contribution in [3.63, 3.8) is 0 Å². The Balaban J connectivity index is 1.43. The van der Waals surface area contributed by atoms with Crippen LogP contribution in [0.3, 0.4) is 0 Å². The lowest BCUT2D eigenvalue weighted by Gasteiger charge is -2.21. The molecule has 1 aliphatic carbocycles. The van der Waals surface area contributed by atoms with E-state index in [-0.39, 0.29) is 17.3 Å². The molecule has 0 saturated heterocycles. The topological polar surface area (TPSA) is 66.8 Å². The number of aromatic hydroxyl groups is 2. The molecule has 3 rings (SSSR count). The quantitative estimate of drug-likeness (QED) is 0.124.